The summed E-state index contributed by atoms with van der Waals surface area (Å²) in [7, 11) is -4.77. The second-order valence-corrected chi connectivity index (χ2v) is 21.6. The lowest BCUT2D eigenvalue weighted by molar-refractivity contribution is -0.161. The lowest BCUT2D eigenvalue weighted by Crippen LogP contribution is -2.30. The van der Waals surface area contributed by atoms with E-state index in [-0.39, 0.29) is 25.9 Å². The van der Waals surface area contributed by atoms with E-state index in [1.54, 1.807) is 0 Å². The maximum absolute atomic E-state index is 12.9. The Hall–Kier alpha value is -3.34. The SMILES string of the molecule is CC/C=C\C/C=C\C/C=C\C/C=C\CCCCC(=O)OC(COC(=O)CCCCCCCC/C=C\C/C=C\C/C=C\CCCCC)COP(=O)(O)OCC(CO)OC(=O)CCCCCCCCCCCCCCCCC. The van der Waals surface area contributed by atoms with Crippen molar-refractivity contribution < 1.29 is 52.2 Å². The molecule has 12 heteroatoms. The third-order valence-corrected chi connectivity index (χ3v) is 13.8. The smallest absolute Gasteiger partial charge is 0.462 e. The van der Waals surface area contributed by atoms with Crippen molar-refractivity contribution in [1.82, 2.24) is 0 Å². The zero-order valence-corrected chi connectivity index (χ0v) is 49.3. The Bertz CT molecular complexity index is 1600. The molecule has 0 bridgehead atoms. The maximum Gasteiger partial charge on any atom is 0.472 e. The minimum absolute atomic E-state index is 0.110. The molecule has 0 aromatic rings. The minimum atomic E-state index is -4.77. The van der Waals surface area contributed by atoms with E-state index in [1.165, 1.54) is 96.3 Å². The zero-order chi connectivity index (χ0) is 55.5. The molecule has 0 radical (unpaired) electrons. The van der Waals surface area contributed by atoms with Crippen LogP contribution in [0.25, 0.3) is 0 Å². The second-order valence-electron chi connectivity index (χ2n) is 20.1. The van der Waals surface area contributed by atoms with Crippen molar-refractivity contribution >= 4 is 25.7 Å². The van der Waals surface area contributed by atoms with E-state index in [0.717, 1.165) is 109 Å². The Labute approximate surface area is 464 Å². The average molecular weight is 1090 g/mol. The number of phosphoric acid groups is 1. The number of carbonyl (C=O) groups excluding carboxylic acids is 3. The molecule has 0 aromatic heterocycles. The summed E-state index contributed by atoms with van der Waals surface area (Å²) >= 11 is 0. The van der Waals surface area contributed by atoms with Gasteiger partial charge in [-0.15, -0.1) is 0 Å². The van der Waals surface area contributed by atoms with Gasteiger partial charge in [-0.2, -0.15) is 0 Å². The fourth-order valence-electron chi connectivity index (χ4n) is 8.18. The molecule has 2 N–H and O–H groups in total. The van der Waals surface area contributed by atoms with Crippen LogP contribution in [0.4, 0.5) is 0 Å². The lowest BCUT2D eigenvalue weighted by Gasteiger charge is -2.21. The van der Waals surface area contributed by atoms with Crippen LogP contribution in [-0.4, -0.2) is 66.5 Å². The van der Waals surface area contributed by atoms with Gasteiger partial charge >= 0.3 is 25.7 Å². The molecule has 0 aliphatic rings. The molecule has 0 spiro atoms. The summed E-state index contributed by atoms with van der Waals surface area (Å²) in [6, 6.07) is 0. The number of carbonyl (C=O) groups is 3. The summed E-state index contributed by atoms with van der Waals surface area (Å²) < 4.78 is 39.5. The summed E-state index contributed by atoms with van der Waals surface area (Å²) in [6.45, 7) is 4.46. The van der Waals surface area contributed by atoms with Crippen molar-refractivity contribution in [2.45, 2.75) is 277 Å². The Balaban J connectivity index is 4.76. The Morgan fingerprint density at radius 3 is 1.11 bits per heavy atom. The third kappa shape index (κ3) is 55.4. The number of ether oxygens (including phenoxy) is 3. The lowest BCUT2D eigenvalue weighted by atomic mass is 10.0. The van der Waals surface area contributed by atoms with Crippen molar-refractivity contribution in [3.05, 3.63) is 85.1 Å². The van der Waals surface area contributed by atoms with Crippen molar-refractivity contribution in [1.29, 1.82) is 0 Å². The number of rotatable bonds is 56. The van der Waals surface area contributed by atoms with Crippen LogP contribution in [0, 0.1) is 0 Å². The molecular formula is C64H111O11P. The van der Waals surface area contributed by atoms with Crippen LogP contribution < -0.4 is 0 Å². The topological polar surface area (TPSA) is 155 Å². The first-order valence-electron chi connectivity index (χ1n) is 30.5. The quantitative estimate of drug-likeness (QED) is 0.0197. The van der Waals surface area contributed by atoms with Crippen LogP contribution in [0.1, 0.15) is 265 Å². The largest absolute Gasteiger partial charge is 0.472 e. The van der Waals surface area contributed by atoms with Gasteiger partial charge in [0.1, 0.15) is 12.7 Å². The molecule has 438 valence electrons. The zero-order valence-electron chi connectivity index (χ0n) is 48.5. The highest BCUT2D eigenvalue weighted by Gasteiger charge is 2.28. The van der Waals surface area contributed by atoms with Gasteiger partial charge in [0, 0.05) is 19.3 Å². The van der Waals surface area contributed by atoms with Crippen LogP contribution in [-0.2, 0) is 42.2 Å². The Morgan fingerprint density at radius 2 is 0.684 bits per heavy atom. The van der Waals surface area contributed by atoms with Crippen molar-refractivity contribution in [2.24, 2.45) is 0 Å². The number of hydrogen-bond donors (Lipinski definition) is 2. The van der Waals surface area contributed by atoms with Gasteiger partial charge in [-0.3, -0.25) is 23.4 Å². The van der Waals surface area contributed by atoms with Crippen LogP contribution in [0.2, 0.25) is 0 Å². The number of unbranched alkanes of at least 4 members (excludes halogenated alkanes) is 25. The van der Waals surface area contributed by atoms with Gasteiger partial charge in [-0.05, 0) is 96.3 Å². The van der Waals surface area contributed by atoms with Gasteiger partial charge in [0.2, 0.25) is 0 Å². The van der Waals surface area contributed by atoms with Gasteiger partial charge in [0.05, 0.1) is 19.8 Å². The van der Waals surface area contributed by atoms with Crippen molar-refractivity contribution in [3.8, 4) is 0 Å². The van der Waals surface area contributed by atoms with Gasteiger partial charge in [0.15, 0.2) is 6.10 Å². The van der Waals surface area contributed by atoms with E-state index < -0.39 is 57.8 Å². The molecule has 0 saturated heterocycles. The molecule has 3 atom stereocenters. The van der Waals surface area contributed by atoms with Gasteiger partial charge in [-0.1, -0.05) is 234 Å². The monoisotopic (exact) mass is 1090 g/mol. The van der Waals surface area contributed by atoms with E-state index in [9.17, 15) is 28.9 Å². The van der Waals surface area contributed by atoms with E-state index >= 15 is 0 Å². The number of hydrogen-bond acceptors (Lipinski definition) is 10. The predicted molar refractivity (Wildman–Crippen MR) is 316 cm³/mol. The van der Waals surface area contributed by atoms with Gasteiger partial charge in [-0.25, -0.2) is 4.57 Å². The Kier molecular flexibility index (Phi) is 55.3. The second kappa shape index (κ2) is 57.8. The maximum atomic E-state index is 12.9. The molecule has 11 nitrogen and oxygen atoms in total. The van der Waals surface area contributed by atoms with Crippen LogP contribution in [0.15, 0.2) is 85.1 Å². The van der Waals surface area contributed by atoms with E-state index in [0.29, 0.717) is 19.3 Å². The van der Waals surface area contributed by atoms with Crippen molar-refractivity contribution in [3.63, 3.8) is 0 Å². The van der Waals surface area contributed by atoms with E-state index in [1.807, 2.05) is 0 Å². The number of esters is 3. The predicted octanol–water partition coefficient (Wildman–Crippen LogP) is 18.3. The molecule has 0 fully saturated rings. The fourth-order valence-corrected chi connectivity index (χ4v) is 8.96. The normalized spacial score (nSPS) is 13.9. The van der Waals surface area contributed by atoms with E-state index in [2.05, 4.69) is 106 Å². The van der Waals surface area contributed by atoms with Gasteiger partial charge in [0.25, 0.3) is 0 Å². The van der Waals surface area contributed by atoms with Crippen LogP contribution in [0.5, 0.6) is 0 Å². The number of phosphoric ester groups is 1. The molecule has 0 heterocycles. The molecule has 0 amide bonds. The highest BCUT2D eigenvalue weighted by molar-refractivity contribution is 7.47. The highest BCUT2D eigenvalue weighted by Crippen LogP contribution is 2.43. The molecule has 3 unspecified atom stereocenters. The minimum Gasteiger partial charge on any atom is -0.462 e. The fraction of sp³-hybridized carbons (Fsp3) is 0.734. The Morgan fingerprint density at radius 1 is 0.382 bits per heavy atom. The highest BCUT2D eigenvalue weighted by atomic mass is 31.2. The number of aliphatic hydroxyl groups excluding tert-OH is 1. The molecular weight excluding hydrogens is 976 g/mol. The van der Waals surface area contributed by atoms with E-state index in [4.69, 9.17) is 23.3 Å². The summed E-state index contributed by atoms with van der Waals surface area (Å²) in [5.41, 5.74) is 0. The van der Waals surface area contributed by atoms with Gasteiger partial charge < -0.3 is 24.2 Å². The first-order valence-corrected chi connectivity index (χ1v) is 32.0. The third-order valence-electron chi connectivity index (χ3n) is 12.8. The molecule has 0 aromatic carbocycles. The first-order chi connectivity index (χ1) is 37.2. The molecule has 0 rings (SSSR count). The average Bonchev–Trinajstić information content (AvgIpc) is 3.41. The summed E-state index contributed by atoms with van der Waals surface area (Å²) in [5, 5.41) is 9.83. The van der Waals surface area contributed by atoms with Crippen LogP contribution >= 0.6 is 7.82 Å². The molecule has 0 aliphatic heterocycles. The molecule has 0 aliphatic carbocycles. The summed E-state index contributed by atoms with van der Waals surface area (Å²) in [4.78, 5) is 48.6. The standard InChI is InChI=1S/C64H111O11P/c1-4-7-10-13-16-19-22-25-28-29-30-31-34-35-38-41-44-47-50-53-62(66)71-57-61(75-64(68)55-52-49-46-43-40-37-33-27-24-21-18-15-12-9-6-3)59-73-76(69,70)72-58-60(56-65)74-63(67)54-51-48-45-42-39-36-32-26-23-20-17-14-11-8-5-2/h9,12,16,18-19,21,25,27-28,30-31,33,40,43,60-61,65H,4-8,10-11,13-15,17,20,22-24,26,29,32,34-39,41-42,44-59H2,1-3H3,(H,69,70)/b12-9-,19-16-,21-18-,28-25-,31-30-,33-27-,43-40-. The first kappa shape index (κ1) is 72.7. The number of allylic oxidation sites excluding steroid dienone is 14. The molecule has 0 saturated carbocycles. The molecule has 76 heavy (non-hydrogen) atoms. The summed E-state index contributed by atoms with van der Waals surface area (Å²) in [6.07, 6.45) is 66.8. The van der Waals surface area contributed by atoms with Crippen LogP contribution in [0.3, 0.4) is 0 Å². The number of aliphatic hydroxyl groups is 1. The van der Waals surface area contributed by atoms with Crippen molar-refractivity contribution in [2.75, 3.05) is 26.4 Å². The summed E-state index contributed by atoms with van der Waals surface area (Å²) in [5.74, 6) is -1.52.